The average Bonchev–Trinajstić information content (AvgIpc) is 3.48. The van der Waals surface area contributed by atoms with Gasteiger partial charge in [-0.25, -0.2) is 0 Å². The Labute approximate surface area is 337 Å². The number of rotatable bonds is 1. The number of hydrogen-bond acceptors (Lipinski definition) is 1. The highest BCUT2D eigenvalue weighted by molar-refractivity contribution is 6.20. The SMILES string of the molecule is c1ccc2c(c1)-c1ccccc1N(c1ccc3c(c1)-c1ccccc1-c1ccccc1C31c3ccccc3-c3c1c1ccccc1c1ccccc31)c1ccccc1-2. The largest absolute Gasteiger partial charge is 0.309 e. The summed E-state index contributed by atoms with van der Waals surface area (Å²) in [4.78, 5) is 2.50. The maximum Gasteiger partial charge on any atom is 0.0731 e. The van der Waals surface area contributed by atoms with Crippen molar-refractivity contribution in [2.45, 2.75) is 5.41 Å². The van der Waals surface area contributed by atoms with Gasteiger partial charge in [0.2, 0.25) is 0 Å². The van der Waals surface area contributed by atoms with E-state index >= 15 is 0 Å². The zero-order chi connectivity index (χ0) is 38.0. The van der Waals surface area contributed by atoms with Gasteiger partial charge in [0.25, 0.3) is 0 Å². The third-order valence-corrected chi connectivity index (χ3v) is 13.2. The second kappa shape index (κ2) is 11.8. The molecule has 58 heavy (non-hydrogen) atoms. The Bertz CT molecular complexity index is 3300. The monoisotopic (exact) mass is 733 g/mol. The minimum atomic E-state index is -0.607. The molecule has 1 unspecified atom stereocenters. The number of para-hydroxylation sites is 2. The van der Waals surface area contributed by atoms with Crippen LogP contribution in [0.3, 0.4) is 0 Å². The summed E-state index contributed by atoms with van der Waals surface area (Å²) < 4.78 is 0. The van der Waals surface area contributed by atoms with E-state index in [0.29, 0.717) is 0 Å². The molecule has 0 saturated heterocycles. The van der Waals surface area contributed by atoms with Gasteiger partial charge in [0.15, 0.2) is 0 Å². The maximum atomic E-state index is 2.50. The van der Waals surface area contributed by atoms with Crippen molar-refractivity contribution in [2.75, 3.05) is 4.90 Å². The average molecular weight is 734 g/mol. The minimum Gasteiger partial charge on any atom is -0.309 e. The first-order valence-electron chi connectivity index (χ1n) is 20.3. The van der Waals surface area contributed by atoms with E-state index in [1.807, 2.05) is 0 Å². The molecule has 10 aromatic carbocycles. The molecule has 1 heteroatoms. The number of anilines is 3. The summed E-state index contributed by atoms with van der Waals surface area (Å²) in [7, 11) is 0. The van der Waals surface area contributed by atoms with Gasteiger partial charge in [-0.05, 0) is 113 Å². The Hall–Kier alpha value is -7.48. The van der Waals surface area contributed by atoms with Crippen LogP contribution in [0.1, 0.15) is 22.3 Å². The van der Waals surface area contributed by atoms with E-state index in [1.54, 1.807) is 0 Å². The van der Waals surface area contributed by atoms with E-state index < -0.39 is 5.41 Å². The second-order valence-electron chi connectivity index (χ2n) is 15.9. The van der Waals surface area contributed by atoms with E-state index in [1.165, 1.54) is 111 Å². The summed E-state index contributed by atoms with van der Waals surface area (Å²) in [6, 6.07) is 79.7. The van der Waals surface area contributed by atoms with Crippen molar-refractivity contribution in [3.63, 3.8) is 0 Å². The highest BCUT2D eigenvalue weighted by Gasteiger charge is 2.51. The summed E-state index contributed by atoms with van der Waals surface area (Å²) in [5.74, 6) is 0. The molecule has 0 N–H and O–H groups in total. The smallest absolute Gasteiger partial charge is 0.0731 e. The zero-order valence-electron chi connectivity index (χ0n) is 31.7. The zero-order valence-corrected chi connectivity index (χ0v) is 31.7. The Kier molecular flexibility index (Phi) is 6.43. The van der Waals surface area contributed by atoms with Gasteiger partial charge in [0.1, 0.15) is 0 Å². The predicted octanol–water partition coefficient (Wildman–Crippen LogP) is 15.1. The Morgan fingerprint density at radius 3 is 1.29 bits per heavy atom. The fourth-order valence-electron chi connectivity index (χ4n) is 11.1. The number of nitrogens with zero attached hydrogens (tertiary/aromatic N) is 1. The Morgan fingerprint density at radius 1 is 0.276 bits per heavy atom. The molecule has 1 aliphatic heterocycles. The van der Waals surface area contributed by atoms with Crippen LogP contribution in [0.5, 0.6) is 0 Å². The third-order valence-electron chi connectivity index (χ3n) is 13.2. The maximum absolute atomic E-state index is 2.50. The van der Waals surface area contributed by atoms with Crippen LogP contribution in [0.15, 0.2) is 212 Å². The van der Waals surface area contributed by atoms with Gasteiger partial charge >= 0.3 is 0 Å². The lowest BCUT2D eigenvalue weighted by Crippen LogP contribution is -2.29. The molecule has 10 aromatic rings. The van der Waals surface area contributed by atoms with Crippen molar-refractivity contribution < 1.29 is 0 Å². The molecule has 0 aromatic heterocycles. The Morgan fingerprint density at radius 2 is 0.672 bits per heavy atom. The fourth-order valence-corrected chi connectivity index (χ4v) is 11.1. The fraction of sp³-hybridized carbons (Fsp3) is 0.0175. The topological polar surface area (TPSA) is 3.24 Å². The van der Waals surface area contributed by atoms with Crippen molar-refractivity contribution >= 4 is 38.6 Å². The first kappa shape index (κ1) is 31.7. The molecule has 1 atom stereocenters. The predicted molar refractivity (Wildman–Crippen MR) is 242 cm³/mol. The van der Waals surface area contributed by atoms with Crippen molar-refractivity contribution in [1.29, 1.82) is 0 Å². The molecule has 268 valence electrons. The molecule has 0 amide bonds. The molecule has 1 nitrogen and oxygen atoms in total. The standard InChI is InChI=1S/C57H35N/c1-4-22-42-37(17-1)43-23-9-13-29-50(43)57(51-30-14-10-28-48(51)55-46-26-7-5-20-40(46)41-21-6-8-27-47(41)56(55)57)52-34-33-36(35-49(42)52)58-53-31-15-11-24-44(53)38-18-2-3-19-39(38)45-25-12-16-32-54(45)58/h1-35H. The lowest BCUT2D eigenvalue weighted by Gasteiger charge is -2.37. The first-order valence-corrected chi connectivity index (χ1v) is 20.3. The third kappa shape index (κ3) is 4.00. The normalized spacial score (nSPS) is 15.3. The molecule has 1 heterocycles. The van der Waals surface area contributed by atoms with Crippen molar-refractivity contribution in [1.82, 2.24) is 0 Å². The van der Waals surface area contributed by atoms with E-state index in [4.69, 9.17) is 0 Å². The van der Waals surface area contributed by atoms with Crippen LogP contribution < -0.4 is 4.90 Å². The first-order chi connectivity index (χ1) is 28.8. The molecule has 0 radical (unpaired) electrons. The molecule has 0 fully saturated rings. The summed E-state index contributed by atoms with van der Waals surface area (Å²) in [6.07, 6.45) is 0. The van der Waals surface area contributed by atoms with Gasteiger partial charge < -0.3 is 4.90 Å². The molecule has 0 saturated carbocycles. The van der Waals surface area contributed by atoms with Gasteiger partial charge in [-0.15, -0.1) is 0 Å². The highest BCUT2D eigenvalue weighted by Crippen LogP contribution is 2.65. The number of fused-ring (bicyclic) bond motifs is 22. The minimum absolute atomic E-state index is 0.607. The van der Waals surface area contributed by atoms with Crippen LogP contribution in [0.25, 0.3) is 77.2 Å². The van der Waals surface area contributed by atoms with Crippen LogP contribution in [0.4, 0.5) is 17.1 Å². The van der Waals surface area contributed by atoms with E-state index in [9.17, 15) is 0 Å². The summed E-state index contributed by atoms with van der Waals surface area (Å²) in [5.41, 5.74) is 20.9. The number of hydrogen-bond donors (Lipinski definition) is 0. The summed E-state index contributed by atoms with van der Waals surface area (Å²) >= 11 is 0. The van der Waals surface area contributed by atoms with E-state index in [-0.39, 0.29) is 0 Å². The highest BCUT2D eigenvalue weighted by atomic mass is 15.1. The van der Waals surface area contributed by atoms with Gasteiger partial charge in [-0.1, -0.05) is 188 Å². The Balaban J connectivity index is 1.20. The summed E-state index contributed by atoms with van der Waals surface area (Å²) in [5, 5.41) is 5.19. The van der Waals surface area contributed by atoms with Crippen LogP contribution in [-0.4, -0.2) is 0 Å². The summed E-state index contributed by atoms with van der Waals surface area (Å²) in [6.45, 7) is 0. The van der Waals surface area contributed by atoms with Gasteiger partial charge in [0.05, 0.1) is 16.8 Å². The van der Waals surface area contributed by atoms with Crippen molar-refractivity contribution in [3.05, 3.63) is 235 Å². The molecular formula is C57H35N. The lowest BCUT2D eigenvalue weighted by atomic mass is 9.64. The molecule has 1 spiro atoms. The van der Waals surface area contributed by atoms with Crippen LogP contribution >= 0.6 is 0 Å². The van der Waals surface area contributed by atoms with Crippen LogP contribution in [0, 0.1) is 0 Å². The molecule has 2 aliphatic carbocycles. The quantitative estimate of drug-likeness (QED) is 0.152. The molecular weight excluding hydrogens is 699 g/mol. The van der Waals surface area contributed by atoms with Crippen LogP contribution in [-0.2, 0) is 5.41 Å². The lowest BCUT2D eigenvalue weighted by molar-refractivity contribution is 0.783. The molecule has 0 bridgehead atoms. The molecule has 13 rings (SSSR count). The van der Waals surface area contributed by atoms with Gasteiger partial charge in [-0.2, -0.15) is 0 Å². The van der Waals surface area contributed by atoms with Gasteiger partial charge in [0, 0.05) is 16.8 Å². The van der Waals surface area contributed by atoms with Crippen LogP contribution in [0.2, 0.25) is 0 Å². The van der Waals surface area contributed by atoms with E-state index in [2.05, 4.69) is 217 Å². The second-order valence-corrected chi connectivity index (χ2v) is 15.9. The van der Waals surface area contributed by atoms with Gasteiger partial charge in [-0.3, -0.25) is 0 Å². The van der Waals surface area contributed by atoms with Crippen molar-refractivity contribution in [2.24, 2.45) is 0 Å². The van der Waals surface area contributed by atoms with E-state index in [0.717, 1.165) is 5.69 Å². The molecule has 3 aliphatic rings. The van der Waals surface area contributed by atoms with Crippen molar-refractivity contribution in [3.8, 4) is 55.6 Å². The number of benzene rings is 10.